The second-order valence-electron chi connectivity index (χ2n) is 8.66. The number of hydrazone groups is 1. The number of nitrogens with one attached hydrogen (secondary N) is 1. The predicted octanol–water partition coefficient (Wildman–Crippen LogP) is 4.48. The van der Waals surface area contributed by atoms with E-state index in [-0.39, 0.29) is 24.0 Å². The fraction of sp³-hybridized carbons (Fsp3) is 0.0741. The monoisotopic (exact) mass is 524 g/mol. The van der Waals surface area contributed by atoms with E-state index in [9.17, 15) is 4.79 Å². The summed E-state index contributed by atoms with van der Waals surface area (Å²) in [5.74, 6) is 0.134. The average molecular weight is 525 g/mol. The van der Waals surface area contributed by atoms with Gasteiger partial charge in [0.1, 0.15) is 6.54 Å². The first-order valence-electron chi connectivity index (χ1n) is 11.7. The number of amides is 1. The number of imidazole rings is 1. The lowest BCUT2D eigenvalue weighted by atomic mass is 10.2. The van der Waals surface area contributed by atoms with Crippen LogP contribution in [0.25, 0.3) is 33.5 Å². The van der Waals surface area contributed by atoms with Crippen LogP contribution in [0.2, 0.25) is 5.02 Å². The lowest BCUT2D eigenvalue weighted by Gasteiger charge is -2.06. The van der Waals surface area contributed by atoms with Crippen molar-refractivity contribution >= 4 is 51.5 Å². The minimum absolute atomic E-state index is 0.0577. The van der Waals surface area contributed by atoms with Crippen LogP contribution in [-0.2, 0) is 17.9 Å². The number of nitrogens with zero attached hydrogens (tertiary/aromatic N) is 6. The van der Waals surface area contributed by atoms with Crippen LogP contribution in [0.3, 0.4) is 0 Å². The van der Waals surface area contributed by atoms with Gasteiger partial charge in [0.2, 0.25) is 0 Å². The molecule has 0 saturated heterocycles. The summed E-state index contributed by atoms with van der Waals surface area (Å²) in [4.78, 5) is 17.5. The molecule has 10 nitrogen and oxygen atoms in total. The van der Waals surface area contributed by atoms with Gasteiger partial charge in [0.15, 0.2) is 17.3 Å². The number of halogens is 1. The number of rotatable bonds is 7. The third-order valence-electron chi connectivity index (χ3n) is 6.16. The zero-order chi connectivity index (χ0) is 26.1. The summed E-state index contributed by atoms with van der Waals surface area (Å²) in [6.07, 6.45) is 3.65. The van der Waals surface area contributed by atoms with Crippen LogP contribution in [-0.4, -0.2) is 36.6 Å². The number of carbonyl (C=O) groups excluding carboxylic acids is 1. The Morgan fingerprint density at radius 1 is 1.03 bits per heavy atom. The van der Waals surface area contributed by atoms with Gasteiger partial charge in [-0.25, -0.2) is 15.0 Å². The first-order chi connectivity index (χ1) is 18.6. The Morgan fingerprint density at radius 2 is 1.79 bits per heavy atom. The molecule has 0 radical (unpaired) electrons. The molecule has 0 aliphatic rings. The van der Waals surface area contributed by atoms with Crippen LogP contribution in [0.15, 0.2) is 88.7 Å². The molecule has 0 aliphatic carbocycles. The number of aromatic nitrogens is 5. The standard InChI is InChI=1S/C27H21ClN8O2/c28-19-11-9-17(10-12-19)14-35-15-18(20-5-1-3-7-22(20)35)13-30-32-24(37)16-36-23-8-4-2-6-21(23)31-27(36)25-26(29)34-38-33-25/h1-13,15H,14,16H2,(H2,29,34)(H,32,37)/b30-13-. The maximum absolute atomic E-state index is 12.9. The number of nitrogen functional groups attached to an aromatic ring is 1. The highest BCUT2D eigenvalue weighted by atomic mass is 35.5. The van der Waals surface area contributed by atoms with Crippen LogP contribution < -0.4 is 11.2 Å². The van der Waals surface area contributed by atoms with Crippen molar-refractivity contribution in [2.45, 2.75) is 13.1 Å². The fourth-order valence-electron chi connectivity index (χ4n) is 4.42. The van der Waals surface area contributed by atoms with E-state index in [1.807, 2.05) is 72.9 Å². The molecule has 0 aliphatic heterocycles. The molecule has 188 valence electrons. The van der Waals surface area contributed by atoms with Gasteiger partial charge in [-0.3, -0.25) is 4.79 Å². The summed E-state index contributed by atoms with van der Waals surface area (Å²) < 4.78 is 8.58. The zero-order valence-electron chi connectivity index (χ0n) is 20.0. The van der Waals surface area contributed by atoms with E-state index >= 15 is 0 Å². The number of para-hydroxylation sites is 3. The number of anilines is 1. The number of benzene rings is 3. The van der Waals surface area contributed by atoms with Crippen molar-refractivity contribution in [2.24, 2.45) is 5.10 Å². The molecule has 6 aromatic rings. The molecule has 0 fully saturated rings. The van der Waals surface area contributed by atoms with E-state index in [2.05, 4.69) is 36.5 Å². The third kappa shape index (κ3) is 4.48. The summed E-state index contributed by atoms with van der Waals surface area (Å²) >= 11 is 6.03. The van der Waals surface area contributed by atoms with Crippen molar-refractivity contribution in [2.75, 3.05) is 5.73 Å². The number of fused-ring (bicyclic) bond motifs is 2. The summed E-state index contributed by atoms with van der Waals surface area (Å²) in [5, 5.41) is 13.4. The zero-order valence-corrected chi connectivity index (χ0v) is 20.7. The van der Waals surface area contributed by atoms with Gasteiger partial charge in [-0.1, -0.05) is 54.1 Å². The molecule has 0 saturated carbocycles. The Morgan fingerprint density at radius 3 is 2.58 bits per heavy atom. The minimum atomic E-state index is -0.342. The molecule has 3 N–H and O–H groups in total. The predicted molar refractivity (Wildman–Crippen MR) is 146 cm³/mol. The van der Waals surface area contributed by atoms with Crippen LogP contribution in [0.4, 0.5) is 5.82 Å². The Hall–Kier alpha value is -4.96. The van der Waals surface area contributed by atoms with E-state index in [0.717, 1.165) is 27.5 Å². The first-order valence-corrected chi connectivity index (χ1v) is 12.1. The van der Waals surface area contributed by atoms with Crippen LogP contribution in [0.1, 0.15) is 11.1 Å². The Kier molecular flexibility index (Phi) is 6.06. The molecule has 3 aromatic carbocycles. The maximum atomic E-state index is 12.9. The number of carbonyl (C=O) groups is 1. The van der Waals surface area contributed by atoms with Gasteiger partial charge in [-0.15, -0.1) is 0 Å². The highest BCUT2D eigenvalue weighted by Crippen LogP contribution is 2.26. The maximum Gasteiger partial charge on any atom is 0.260 e. The fourth-order valence-corrected chi connectivity index (χ4v) is 4.54. The molecular weight excluding hydrogens is 504 g/mol. The molecular formula is C27H21ClN8O2. The molecule has 38 heavy (non-hydrogen) atoms. The molecule has 6 rings (SSSR count). The lowest BCUT2D eigenvalue weighted by Crippen LogP contribution is -2.23. The minimum Gasteiger partial charge on any atom is -0.379 e. The van der Waals surface area contributed by atoms with Crippen molar-refractivity contribution in [1.29, 1.82) is 0 Å². The molecule has 0 bridgehead atoms. The topological polar surface area (TPSA) is 129 Å². The molecule has 11 heteroatoms. The van der Waals surface area contributed by atoms with E-state index in [4.69, 9.17) is 22.0 Å². The van der Waals surface area contributed by atoms with Gasteiger partial charge >= 0.3 is 0 Å². The Labute approximate surface area is 221 Å². The summed E-state index contributed by atoms with van der Waals surface area (Å²) in [6, 6.07) is 23.2. The molecule has 1 amide bonds. The van der Waals surface area contributed by atoms with Crippen molar-refractivity contribution in [1.82, 2.24) is 29.9 Å². The first kappa shape index (κ1) is 23.4. The van der Waals surface area contributed by atoms with Crippen LogP contribution in [0.5, 0.6) is 0 Å². The van der Waals surface area contributed by atoms with Crippen LogP contribution >= 0.6 is 11.6 Å². The molecule has 0 spiro atoms. The number of nitrogens with two attached hydrogens (primary N) is 1. The molecule has 3 heterocycles. The average Bonchev–Trinajstić information content (AvgIpc) is 3.61. The summed E-state index contributed by atoms with van der Waals surface area (Å²) in [5.41, 5.74) is 13.3. The van der Waals surface area contributed by atoms with Gasteiger partial charge in [0.25, 0.3) is 5.91 Å². The van der Waals surface area contributed by atoms with E-state index in [1.165, 1.54) is 0 Å². The molecule has 3 aromatic heterocycles. The lowest BCUT2D eigenvalue weighted by molar-refractivity contribution is -0.121. The van der Waals surface area contributed by atoms with Crippen molar-refractivity contribution < 1.29 is 9.42 Å². The van der Waals surface area contributed by atoms with E-state index in [1.54, 1.807) is 10.8 Å². The van der Waals surface area contributed by atoms with Gasteiger partial charge in [0, 0.05) is 34.2 Å². The Bertz CT molecular complexity index is 1800. The van der Waals surface area contributed by atoms with Crippen molar-refractivity contribution in [3.8, 4) is 11.5 Å². The van der Waals surface area contributed by atoms with Crippen molar-refractivity contribution in [3.63, 3.8) is 0 Å². The largest absolute Gasteiger partial charge is 0.379 e. The third-order valence-corrected chi connectivity index (χ3v) is 6.41. The molecule has 0 unspecified atom stereocenters. The SMILES string of the molecule is Nc1nonc1-c1nc2ccccc2n1CC(=O)N/N=C\c1cn(Cc2ccc(Cl)cc2)c2ccccc12. The van der Waals surface area contributed by atoms with E-state index < -0.39 is 0 Å². The van der Waals surface area contributed by atoms with Gasteiger partial charge in [-0.05, 0) is 46.2 Å². The van der Waals surface area contributed by atoms with Gasteiger partial charge in [-0.2, -0.15) is 5.10 Å². The highest BCUT2D eigenvalue weighted by molar-refractivity contribution is 6.30. The normalized spacial score (nSPS) is 11.6. The number of hydrogen-bond acceptors (Lipinski definition) is 7. The van der Waals surface area contributed by atoms with Crippen LogP contribution in [0, 0.1) is 0 Å². The van der Waals surface area contributed by atoms with Crippen molar-refractivity contribution in [3.05, 3.63) is 95.1 Å². The molecule has 0 atom stereocenters. The van der Waals surface area contributed by atoms with E-state index in [0.29, 0.717) is 22.9 Å². The second-order valence-corrected chi connectivity index (χ2v) is 9.09. The Balaban J connectivity index is 1.23. The highest BCUT2D eigenvalue weighted by Gasteiger charge is 2.20. The summed E-state index contributed by atoms with van der Waals surface area (Å²) in [6.45, 7) is 0.617. The van der Waals surface area contributed by atoms with Gasteiger partial charge in [0.05, 0.1) is 17.2 Å². The quantitative estimate of drug-likeness (QED) is 0.234. The smallest absolute Gasteiger partial charge is 0.260 e. The van der Waals surface area contributed by atoms with Gasteiger partial charge < -0.3 is 14.9 Å². The second kappa shape index (κ2) is 9.83. The number of hydrogen-bond donors (Lipinski definition) is 2. The summed E-state index contributed by atoms with van der Waals surface area (Å²) in [7, 11) is 0.